The minimum Gasteiger partial charge on any atom is -0.396 e. The Labute approximate surface area is 147 Å². The highest BCUT2D eigenvalue weighted by Crippen LogP contribution is 2.21. The molecule has 0 radical (unpaired) electrons. The molecule has 0 bridgehead atoms. The predicted octanol–water partition coefficient (Wildman–Crippen LogP) is 0.919. The molecule has 0 saturated heterocycles. The number of nitrogens with one attached hydrogen (secondary N) is 2. The van der Waals surface area contributed by atoms with E-state index in [-0.39, 0.29) is 17.8 Å². The third-order valence-corrected chi connectivity index (χ3v) is 4.28. The lowest BCUT2D eigenvalue weighted by Crippen LogP contribution is -2.29. The number of fused-ring (bicyclic) bond motifs is 1. The molecule has 8 nitrogen and oxygen atoms in total. The molecule has 3 aromatic rings. The van der Waals surface area contributed by atoms with Gasteiger partial charge in [-0.15, -0.1) is 0 Å². The number of halogens is 1. The molecule has 0 aliphatic rings. The number of aromatic nitrogens is 4. The lowest BCUT2D eigenvalue weighted by atomic mass is 10.2. The SMILES string of the molecule is Cn1c(=O)[nH]c(=O)c2c1nc(NCCCO)n2Cc1ccccc1Cl. The summed E-state index contributed by atoms with van der Waals surface area (Å²) in [5.41, 5.74) is 0.359. The van der Waals surface area contributed by atoms with E-state index in [0.29, 0.717) is 30.5 Å². The monoisotopic (exact) mass is 363 g/mol. The number of H-pyrrole nitrogens is 1. The summed E-state index contributed by atoms with van der Waals surface area (Å²) in [6.07, 6.45) is 0.532. The van der Waals surface area contributed by atoms with Crippen LogP contribution in [0.2, 0.25) is 5.02 Å². The van der Waals surface area contributed by atoms with Crippen LogP contribution in [-0.4, -0.2) is 37.4 Å². The van der Waals surface area contributed by atoms with Crippen LogP contribution >= 0.6 is 11.6 Å². The van der Waals surface area contributed by atoms with Gasteiger partial charge in [-0.1, -0.05) is 29.8 Å². The van der Waals surface area contributed by atoms with Crippen LogP contribution in [0.4, 0.5) is 5.95 Å². The fraction of sp³-hybridized carbons (Fsp3) is 0.312. The largest absolute Gasteiger partial charge is 0.396 e. The molecule has 2 heterocycles. The van der Waals surface area contributed by atoms with E-state index in [9.17, 15) is 9.59 Å². The van der Waals surface area contributed by atoms with Gasteiger partial charge in [0.15, 0.2) is 11.2 Å². The van der Waals surface area contributed by atoms with Crippen LogP contribution < -0.4 is 16.6 Å². The van der Waals surface area contributed by atoms with Gasteiger partial charge in [-0.25, -0.2) is 4.79 Å². The lowest BCUT2D eigenvalue weighted by molar-refractivity contribution is 0.292. The summed E-state index contributed by atoms with van der Waals surface area (Å²) in [6.45, 7) is 0.837. The minimum atomic E-state index is -0.526. The maximum Gasteiger partial charge on any atom is 0.329 e. The Bertz CT molecular complexity index is 1020. The number of rotatable bonds is 6. The summed E-state index contributed by atoms with van der Waals surface area (Å²) >= 11 is 6.24. The van der Waals surface area contributed by atoms with Gasteiger partial charge in [0.25, 0.3) is 5.56 Å². The summed E-state index contributed by atoms with van der Waals surface area (Å²) in [6, 6.07) is 7.32. The third-order valence-electron chi connectivity index (χ3n) is 3.91. The van der Waals surface area contributed by atoms with Crippen molar-refractivity contribution in [2.24, 2.45) is 7.05 Å². The molecule has 0 unspecified atom stereocenters. The highest BCUT2D eigenvalue weighted by atomic mass is 35.5. The molecular formula is C16H18ClN5O3. The van der Waals surface area contributed by atoms with Gasteiger partial charge in [-0.2, -0.15) is 4.98 Å². The fourth-order valence-electron chi connectivity index (χ4n) is 2.60. The highest BCUT2D eigenvalue weighted by Gasteiger charge is 2.18. The summed E-state index contributed by atoms with van der Waals surface area (Å²) in [5.74, 6) is 0.440. The van der Waals surface area contributed by atoms with E-state index >= 15 is 0 Å². The van der Waals surface area contributed by atoms with Crippen LogP contribution in [0.3, 0.4) is 0 Å². The number of aryl methyl sites for hydroxylation is 1. The van der Waals surface area contributed by atoms with Crippen molar-refractivity contribution in [2.45, 2.75) is 13.0 Å². The molecule has 0 atom stereocenters. The van der Waals surface area contributed by atoms with E-state index < -0.39 is 11.2 Å². The highest BCUT2D eigenvalue weighted by molar-refractivity contribution is 6.31. The summed E-state index contributed by atoms with van der Waals surface area (Å²) in [5, 5.41) is 12.6. The number of aliphatic hydroxyl groups is 1. The molecule has 0 amide bonds. The summed E-state index contributed by atoms with van der Waals surface area (Å²) in [4.78, 5) is 30.9. The van der Waals surface area contributed by atoms with Gasteiger partial charge in [0, 0.05) is 25.2 Å². The van der Waals surface area contributed by atoms with Crippen molar-refractivity contribution < 1.29 is 5.11 Å². The number of aromatic amines is 1. The van der Waals surface area contributed by atoms with Crippen LogP contribution in [0.25, 0.3) is 11.2 Å². The molecule has 0 spiro atoms. The van der Waals surface area contributed by atoms with E-state index in [1.54, 1.807) is 17.7 Å². The molecule has 25 heavy (non-hydrogen) atoms. The molecule has 132 valence electrons. The van der Waals surface area contributed by atoms with Crippen molar-refractivity contribution in [3.8, 4) is 0 Å². The van der Waals surface area contributed by atoms with Gasteiger partial charge in [-0.05, 0) is 18.1 Å². The second-order valence-corrected chi connectivity index (χ2v) is 6.01. The predicted molar refractivity (Wildman–Crippen MR) is 96.3 cm³/mol. The number of hydrogen-bond acceptors (Lipinski definition) is 5. The number of benzene rings is 1. The number of imidazole rings is 1. The van der Waals surface area contributed by atoms with E-state index in [4.69, 9.17) is 16.7 Å². The molecule has 3 N–H and O–H groups in total. The van der Waals surface area contributed by atoms with E-state index in [1.165, 1.54) is 4.57 Å². The Morgan fingerprint density at radius 1 is 1.32 bits per heavy atom. The number of anilines is 1. The molecule has 0 aliphatic heterocycles. The van der Waals surface area contributed by atoms with Gasteiger partial charge in [0.05, 0.1) is 6.54 Å². The van der Waals surface area contributed by atoms with Crippen LogP contribution in [-0.2, 0) is 13.6 Å². The zero-order valence-corrected chi connectivity index (χ0v) is 14.4. The molecule has 2 aromatic heterocycles. The standard InChI is InChI=1S/C16H18ClN5O3/c1-21-13-12(14(24)20-16(21)25)22(15(19-13)18-7-4-8-23)9-10-5-2-3-6-11(10)17/h2-3,5-6,23H,4,7-9H2,1H3,(H,18,19)(H,20,24,25). The van der Waals surface area contributed by atoms with Crippen LogP contribution in [0.1, 0.15) is 12.0 Å². The summed E-state index contributed by atoms with van der Waals surface area (Å²) < 4.78 is 2.98. The number of hydrogen-bond donors (Lipinski definition) is 3. The Kier molecular flexibility index (Phi) is 4.91. The van der Waals surface area contributed by atoms with E-state index in [2.05, 4.69) is 15.3 Å². The van der Waals surface area contributed by atoms with Crippen molar-refractivity contribution in [3.05, 3.63) is 55.7 Å². The molecule has 0 saturated carbocycles. The third kappa shape index (κ3) is 3.31. The Morgan fingerprint density at radius 2 is 2.08 bits per heavy atom. The van der Waals surface area contributed by atoms with Crippen LogP contribution in [0.15, 0.2) is 33.9 Å². The van der Waals surface area contributed by atoms with Gasteiger partial charge >= 0.3 is 5.69 Å². The Morgan fingerprint density at radius 3 is 2.80 bits per heavy atom. The van der Waals surface area contributed by atoms with Gasteiger partial charge in [-0.3, -0.25) is 18.9 Å². The Hall–Kier alpha value is -2.58. The smallest absolute Gasteiger partial charge is 0.329 e. The normalized spacial score (nSPS) is 11.2. The lowest BCUT2D eigenvalue weighted by Gasteiger charge is -2.11. The molecule has 3 rings (SSSR count). The number of nitrogens with zero attached hydrogens (tertiary/aromatic N) is 3. The molecule has 9 heteroatoms. The quantitative estimate of drug-likeness (QED) is 0.565. The topological polar surface area (TPSA) is 105 Å². The van der Waals surface area contributed by atoms with Crippen LogP contribution in [0.5, 0.6) is 0 Å². The first-order chi connectivity index (χ1) is 12.0. The fourth-order valence-corrected chi connectivity index (χ4v) is 2.80. The molecule has 0 aliphatic carbocycles. The second-order valence-electron chi connectivity index (χ2n) is 5.61. The zero-order valence-electron chi connectivity index (χ0n) is 13.6. The average molecular weight is 364 g/mol. The van der Waals surface area contributed by atoms with Crippen molar-refractivity contribution in [3.63, 3.8) is 0 Å². The first-order valence-corrected chi connectivity index (χ1v) is 8.18. The van der Waals surface area contributed by atoms with Crippen LogP contribution in [0, 0.1) is 0 Å². The summed E-state index contributed by atoms with van der Waals surface area (Å²) in [7, 11) is 1.55. The van der Waals surface area contributed by atoms with Crippen molar-refractivity contribution in [1.82, 2.24) is 19.1 Å². The molecular weight excluding hydrogens is 346 g/mol. The minimum absolute atomic E-state index is 0.0385. The van der Waals surface area contributed by atoms with Gasteiger partial charge < -0.3 is 10.4 Å². The zero-order chi connectivity index (χ0) is 18.0. The first-order valence-electron chi connectivity index (χ1n) is 7.80. The second kappa shape index (κ2) is 7.12. The molecule has 1 aromatic carbocycles. The van der Waals surface area contributed by atoms with E-state index in [0.717, 1.165) is 5.56 Å². The Balaban J connectivity index is 2.17. The maximum atomic E-state index is 12.4. The average Bonchev–Trinajstić information content (AvgIpc) is 2.94. The van der Waals surface area contributed by atoms with Crippen molar-refractivity contribution in [2.75, 3.05) is 18.5 Å². The van der Waals surface area contributed by atoms with Crippen molar-refractivity contribution >= 4 is 28.7 Å². The van der Waals surface area contributed by atoms with Gasteiger partial charge in [0.1, 0.15) is 0 Å². The number of aliphatic hydroxyl groups excluding tert-OH is 1. The molecule has 0 fully saturated rings. The maximum absolute atomic E-state index is 12.4. The van der Waals surface area contributed by atoms with Crippen molar-refractivity contribution in [1.29, 1.82) is 0 Å². The first kappa shape index (κ1) is 17.2. The van der Waals surface area contributed by atoms with Gasteiger partial charge in [0.2, 0.25) is 5.95 Å². The van der Waals surface area contributed by atoms with E-state index in [1.807, 2.05) is 18.2 Å².